The van der Waals surface area contributed by atoms with E-state index in [2.05, 4.69) is 24.1 Å². The highest BCUT2D eigenvalue weighted by Crippen LogP contribution is 2.38. The van der Waals surface area contributed by atoms with Gasteiger partial charge in [0.2, 0.25) is 0 Å². The van der Waals surface area contributed by atoms with Crippen molar-refractivity contribution in [3.63, 3.8) is 0 Å². The number of carbonyl (C=O) groups excluding carboxylic acids is 1. The zero-order valence-corrected chi connectivity index (χ0v) is 17.4. The number of benzene rings is 1. The lowest BCUT2D eigenvalue weighted by Gasteiger charge is -2.36. The summed E-state index contributed by atoms with van der Waals surface area (Å²) in [7, 11) is 3.92. The summed E-state index contributed by atoms with van der Waals surface area (Å²) in [5, 5.41) is 1.15. The number of nitrogens with zero attached hydrogens (tertiary/aromatic N) is 2. The molecule has 0 amide bonds. The number of rotatable bonds is 3. The number of ether oxygens (including phenoxy) is 2. The number of methoxy groups -OCH3 is 1. The van der Waals surface area contributed by atoms with Crippen LogP contribution in [0.1, 0.15) is 44.2 Å². The molecule has 0 N–H and O–H groups in total. The largest absolute Gasteiger partial charge is 0.443 e. The van der Waals surface area contributed by atoms with Crippen molar-refractivity contribution >= 4 is 17.0 Å². The quantitative estimate of drug-likeness (QED) is 0.800. The first-order chi connectivity index (χ1) is 12.7. The number of aryl methyl sites for hydroxylation is 1. The Labute approximate surface area is 162 Å². The zero-order valence-electron chi connectivity index (χ0n) is 17.4. The molecular weight excluding hydrogens is 340 g/mol. The van der Waals surface area contributed by atoms with Crippen LogP contribution in [-0.4, -0.2) is 55.0 Å². The lowest BCUT2D eigenvalue weighted by Crippen LogP contribution is -2.39. The van der Waals surface area contributed by atoms with E-state index in [0.29, 0.717) is 11.8 Å². The predicted molar refractivity (Wildman–Crippen MR) is 109 cm³/mol. The van der Waals surface area contributed by atoms with Gasteiger partial charge in [0.25, 0.3) is 0 Å². The summed E-state index contributed by atoms with van der Waals surface area (Å²) >= 11 is 0. The first-order valence-electron chi connectivity index (χ1n) is 9.72. The Morgan fingerprint density at radius 1 is 1.30 bits per heavy atom. The lowest BCUT2D eigenvalue weighted by molar-refractivity contribution is 0.0543. The third-order valence-corrected chi connectivity index (χ3v) is 5.37. The molecule has 1 aromatic carbocycles. The van der Waals surface area contributed by atoms with Gasteiger partial charge in [-0.15, -0.1) is 0 Å². The SMILES string of the molecule is COCC1CN(C)CCC1c1cn(C(=O)OC(C)(C)C)c2c(C)cccc12. The van der Waals surface area contributed by atoms with Crippen molar-refractivity contribution in [1.82, 2.24) is 9.47 Å². The van der Waals surface area contributed by atoms with Crippen molar-refractivity contribution in [2.45, 2.75) is 45.6 Å². The van der Waals surface area contributed by atoms with Gasteiger partial charge in [0.05, 0.1) is 12.1 Å². The molecule has 3 rings (SSSR count). The lowest BCUT2D eigenvalue weighted by atomic mass is 9.81. The number of carbonyl (C=O) groups is 1. The monoisotopic (exact) mass is 372 g/mol. The van der Waals surface area contributed by atoms with Gasteiger partial charge in [-0.1, -0.05) is 18.2 Å². The third-order valence-electron chi connectivity index (χ3n) is 5.37. The van der Waals surface area contributed by atoms with Gasteiger partial charge in [-0.3, -0.25) is 4.57 Å². The average molecular weight is 373 g/mol. The highest BCUT2D eigenvalue weighted by Gasteiger charge is 2.32. The van der Waals surface area contributed by atoms with Crippen LogP contribution in [0.3, 0.4) is 0 Å². The zero-order chi connectivity index (χ0) is 19.8. The van der Waals surface area contributed by atoms with E-state index >= 15 is 0 Å². The van der Waals surface area contributed by atoms with Crippen molar-refractivity contribution in [1.29, 1.82) is 0 Å². The molecule has 0 saturated carbocycles. The summed E-state index contributed by atoms with van der Waals surface area (Å²) in [6.07, 6.45) is 2.75. The first-order valence-corrected chi connectivity index (χ1v) is 9.72. The minimum atomic E-state index is -0.525. The Morgan fingerprint density at radius 3 is 2.70 bits per heavy atom. The van der Waals surface area contributed by atoms with E-state index < -0.39 is 5.60 Å². The average Bonchev–Trinajstić information content (AvgIpc) is 2.95. The minimum Gasteiger partial charge on any atom is -0.443 e. The van der Waals surface area contributed by atoms with Crippen LogP contribution in [-0.2, 0) is 9.47 Å². The van der Waals surface area contributed by atoms with Crippen molar-refractivity contribution in [3.05, 3.63) is 35.5 Å². The summed E-state index contributed by atoms with van der Waals surface area (Å²) < 4.78 is 12.9. The Balaban J connectivity index is 2.08. The molecule has 1 aliphatic rings. The highest BCUT2D eigenvalue weighted by atomic mass is 16.6. The molecule has 148 valence electrons. The van der Waals surface area contributed by atoms with Crippen LogP contribution in [0.2, 0.25) is 0 Å². The summed E-state index contributed by atoms with van der Waals surface area (Å²) in [5.74, 6) is 0.779. The molecule has 1 saturated heterocycles. The van der Waals surface area contributed by atoms with Crippen molar-refractivity contribution < 1.29 is 14.3 Å². The number of fused-ring (bicyclic) bond motifs is 1. The number of hydrogen-bond acceptors (Lipinski definition) is 4. The molecule has 0 spiro atoms. The van der Waals surface area contributed by atoms with Gasteiger partial charge in [-0.25, -0.2) is 4.79 Å². The highest BCUT2D eigenvalue weighted by molar-refractivity contribution is 5.94. The fourth-order valence-corrected chi connectivity index (χ4v) is 4.24. The van der Waals surface area contributed by atoms with Crippen LogP contribution in [0.25, 0.3) is 10.9 Å². The third kappa shape index (κ3) is 4.19. The topological polar surface area (TPSA) is 43.7 Å². The molecule has 5 nitrogen and oxygen atoms in total. The van der Waals surface area contributed by atoms with Crippen LogP contribution in [0.5, 0.6) is 0 Å². The molecule has 2 atom stereocenters. The van der Waals surface area contributed by atoms with Crippen LogP contribution < -0.4 is 0 Å². The Kier molecular flexibility index (Phi) is 5.63. The normalized spacial score (nSPS) is 21.6. The van der Waals surface area contributed by atoms with E-state index in [1.54, 1.807) is 11.7 Å². The van der Waals surface area contributed by atoms with E-state index in [1.165, 1.54) is 5.56 Å². The number of para-hydroxylation sites is 1. The van der Waals surface area contributed by atoms with Gasteiger partial charge in [0, 0.05) is 31.2 Å². The van der Waals surface area contributed by atoms with Crippen LogP contribution in [0, 0.1) is 12.8 Å². The molecule has 0 bridgehead atoms. The van der Waals surface area contributed by atoms with Crippen LogP contribution in [0.4, 0.5) is 4.79 Å². The Morgan fingerprint density at radius 2 is 2.04 bits per heavy atom. The second-order valence-electron chi connectivity index (χ2n) is 8.78. The summed E-state index contributed by atoms with van der Waals surface area (Å²) in [6, 6.07) is 6.25. The molecule has 2 aromatic rings. The first kappa shape index (κ1) is 19.9. The van der Waals surface area contributed by atoms with Gasteiger partial charge in [0.1, 0.15) is 5.60 Å². The molecule has 1 aromatic heterocycles. The van der Waals surface area contributed by atoms with Gasteiger partial charge >= 0.3 is 6.09 Å². The Hall–Kier alpha value is -1.85. The van der Waals surface area contributed by atoms with Crippen molar-refractivity contribution in [2.75, 3.05) is 33.9 Å². The van der Waals surface area contributed by atoms with E-state index in [-0.39, 0.29) is 6.09 Å². The molecule has 0 radical (unpaired) electrons. The van der Waals surface area contributed by atoms with Crippen LogP contribution >= 0.6 is 0 Å². The maximum Gasteiger partial charge on any atom is 0.419 e. The van der Waals surface area contributed by atoms with E-state index in [4.69, 9.17) is 9.47 Å². The molecule has 2 unspecified atom stereocenters. The summed E-state index contributed by atoms with van der Waals surface area (Å²) in [6.45, 7) is 10.5. The minimum absolute atomic E-state index is 0.315. The predicted octanol–water partition coefficient (Wildman–Crippen LogP) is 4.41. The van der Waals surface area contributed by atoms with Crippen molar-refractivity contribution in [2.24, 2.45) is 5.92 Å². The maximum absolute atomic E-state index is 12.9. The van der Waals surface area contributed by atoms with E-state index in [1.807, 2.05) is 40.0 Å². The molecule has 1 fully saturated rings. The van der Waals surface area contributed by atoms with Gasteiger partial charge in [-0.05, 0) is 64.8 Å². The number of aromatic nitrogens is 1. The Bertz CT molecular complexity index is 819. The molecular formula is C22H32N2O3. The molecule has 27 heavy (non-hydrogen) atoms. The molecule has 2 heterocycles. The molecule has 0 aliphatic carbocycles. The van der Waals surface area contributed by atoms with Crippen LogP contribution in [0.15, 0.2) is 24.4 Å². The van der Waals surface area contributed by atoms with Gasteiger partial charge in [0.15, 0.2) is 0 Å². The molecule has 5 heteroatoms. The standard InChI is InChI=1S/C22H32N2O3/c1-15-8-7-9-18-19(17-10-11-23(5)12-16(17)14-26-6)13-24(20(15)18)21(25)27-22(2,3)4/h7-9,13,16-17H,10-12,14H2,1-6H3. The maximum atomic E-state index is 12.9. The van der Waals surface area contributed by atoms with E-state index in [9.17, 15) is 4.79 Å². The molecule has 1 aliphatic heterocycles. The number of hydrogen-bond donors (Lipinski definition) is 0. The fraction of sp³-hybridized carbons (Fsp3) is 0.591. The number of likely N-dealkylation sites (tertiary alicyclic amines) is 1. The van der Waals surface area contributed by atoms with Gasteiger partial charge in [-0.2, -0.15) is 0 Å². The second kappa shape index (κ2) is 7.64. The van der Waals surface area contributed by atoms with Crippen molar-refractivity contribution in [3.8, 4) is 0 Å². The summed E-state index contributed by atoms with van der Waals surface area (Å²) in [5.41, 5.74) is 2.75. The number of piperidine rings is 1. The summed E-state index contributed by atoms with van der Waals surface area (Å²) in [4.78, 5) is 15.2. The second-order valence-corrected chi connectivity index (χ2v) is 8.78. The van der Waals surface area contributed by atoms with E-state index in [0.717, 1.165) is 42.6 Å². The smallest absolute Gasteiger partial charge is 0.419 e. The van der Waals surface area contributed by atoms with Gasteiger partial charge < -0.3 is 14.4 Å². The fourth-order valence-electron chi connectivity index (χ4n) is 4.24.